The number of hydrogen-bond acceptors (Lipinski definition) is 10. The zero-order valence-corrected chi connectivity index (χ0v) is 26.7. The van der Waals surface area contributed by atoms with Crippen molar-refractivity contribution in [3.8, 4) is 23.0 Å². The van der Waals surface area contributed by atoms with E-state index >= 15 is 0 Å². The van der Waals surface area contributed by atoms with E-state index in [1.54, 1.807) is 0 Å². The number of carbonyl (C=O) groups excluding carboxylic acids is 3. The van der Waals surface area contributed by atoms with E-state index in [4.69, 9.17) is 26.2 Å². The predicted molar refractivity (Wildman–Crippen MR) is 155 cm³/mol. The largest absolute Gasteiger partial charge is 0.510 e. The van der Waals surface area contributed by atoms with Crippen LogP contribution in [0.2, 0.25) is 5.02 Å². The van der Waals surface area contributed by atoms with Gasteiger partial charge in [-0.05, 0) is 30.5 Å². The number of rotatable bonds is 12. The first kappa shape index (κ1) is 39.1. The number of aromatic nitrogens is 4. The number of ether oxygens (including phenoxy) is 3. The highest BCUT2D eigenvalue weighted by Gasteiger charge is 2.64. The van der Waals surface area contributed by atoms with Crippen LogP contribution in [0.25, 0.3) is 16.9 Å². The van der Waals surface area contributed by atoms with E-state index in [2.05, 4.69) is 14.9 Å². The van der Waals surface area contributed by atoms with Crippen LogP contribution < -0.4 is 0 Å². The molecule has 0 spiro atoms. The Hall–Kier alpha value is -5.72. The molecular weight excluding hydrogens is 748 g/mol. The van der Waals surface area contributed by atoms with Gasteiger partial charge >= 0.3 is 36.4 Å². The summed E-state index contributed by atoms with van der Waals surface area (Å²) in [6.45, 7) is -1.89. The van der Waals surface area contributed by atoms with Gasteiger partial charge in [0.25, 0.3) is 5.91 Å². The third-order valence-corrected chi connectivity index (χ3v) is 7.53. The number of benzene rings is 1. The minimum atomic E-state index is -6.41. The Balaban J connectivity index is 1.57. The number of amides is 1. The number of nitriles is 1. The summed E-state index contributed by atoms with van der Waals surface area (Å²) in [4.78, 5) is 48.5. The van der Waals surface area contributed by atoms with Crippen LogP contribution in [-0.2, 0) is 42.9 Å². The molecule has 0 unspecified atom stereocenters. The number of alkyl halides is 8. The van der Waals surface area contributed by atoms with Gasteiger partial charge in [-0.25, -0.2) is 23.7 Å². The predicted octanol–water partition coefficient (Wildman–Crippen LogP) is 5.39. The van der Waals surface area contributed by atoms with Gasteiger partial charge < -0.3 is 19.3 Å². The Morgan fingerprint density at radius 1 is 1.04 bits per heavy atom. The summed E-state index contributed by atoms with van der Waals surface area (Å²) < 4.78 is 124. The first-order valence-corrected chi connectivity index (χ1v) is 14.6. The van der Waals surface area contributed by atoms with Crippen LogP contribution >= 0.6 is 11.6 Å². The van der Waals surface area contributed by atoms with Gasteiger partial charge in [-0.2, -0.15) is 50.6 Å². The molecule has 4 rings (SSSR count). The highest BCUT2D eigenvalue weighted by molar-refractivity contribution is 6.34. The molecule has 2 heterocycles. The second kappa shape index (κ2) is 14.5. The van der Waals surface area contributed by atoms with Gasteiger partial charge in [0.05, 0.1) is 22.9 Å². The van der Waals surface area contributed by atoms with Gasteiger partial charge in [0, 0.05) is 31.0 Å². The van der Waals surface area contributed by atoms with Gasteiger partial charge in [-0.1, -0.05) is 17.7 Å². The number of nitrogens with zero attached hydrogens (tertiary/aromatic N) is 6. The molecule has 0 saturated heterocycles. The highest BCUT2D eigenvalue weighted by Crippen LogP contribution is 2.49. The van der Waals surface area contributed by atoms with Crippen LogP contribution in [0.1, 0.15) is 34.5 Å². The molecule has 0 radical (unpaired) electrons. The molecule has 1 aliphatic carbocycles. The molecule has 1 aromatic carbocycles. The molecule has 0 bridgehead atoms. The summed E-state index contributed by atoms with van der Waals surface area (Å²) in [5.41, 5.74) is -6.78. The van der Waals surface area contributed by atoms with E-state index in [0.717, 1.165) is 23.4 Å². The number of esters is 1. The first-order valence-electron chi connectivity index (χ1n) is 14.2. The SMILES string of the molecule is Cn1nc(C(F)(F)C(F)(F)F)c(C(F)(F)F)c1-n1cc(-c2ccc(Cl)c(C(=O)N(COC(=O)OCCOC(=O)/C=C/C(=O)O)C3(C#N)CC3)c2)cn1. The summed E-state index contributed by atoms with van der Waals surface area (Å²) in [6.07, 6.45) is -10.3. The monoisotopic (exact) mass is 768 g/mol. The van der Waals surface area contributed by atoms with Crippen LogP contribution in [0, 0.1) is 11.3 Å². The Bertz CT molecular complexity index is 1960. The minimum Gasteiger partial charge on any atom is -0.478 e. The van der Waals surface area contributed by atoms with Crippen molar-refractivity contribution >= 4 is 35.6 Å². The topological polar surface area (TPSA) is 179 Å². The summed E-state index contributed by atoms with van der Waals surface area (Å²) in [5.74, 6) is -10.7. The third-order valence-electron chi connectivity index (χ3n) is 7.20. The first-order chi connectivity index (χ1) is 24.1. The zero-order valence-electron chi connectivity index (χ0n) is 26.0. The summed E-state index contributed by atoms with van der Waals surface area (Å²) in [7, 11) is 0.702. The lowest BCUT2D eigenvalue weighted by atomic mass is 10.0. The van der Waals surface area contributed by atoms with Crippen molar-refractivity contribution in [2.75, 3.05) is 19.9 Å². The lowest BCUT2D eigenvalue weighted by Crippen LogP contribution is -2.43. The van der Waals surface area contributed by atoms with Crippen LogP contribution in [0.3, 0.4) is 0 Å². The number of carbonyl (C=O) groups is 4. The maximum atomic E-state index is 14.1. The standard InChI is InChI=1S/C29H21ClF8N6O8/c1-42-23(21(28(33,34)35)22(41-42)27(31,32)29(36,37)38)44-12-16(11-40-44)15-2-3-18(30)17(10-15)24(48)43(26(13-39)6-7-26)14-52-25(49)51-9-8-50-20(47)5-4-19(45)46/h2-5,10-12H,6-9,14H2,1H3,(H,45,46)/b5-4+. The molecule has 0 atom stereocenters. The Kier molecular flexibility index (Phi) is 10.9. The van der Waals surface area contributed by atoms with E-state index in [0.29, 0.717) is 23.9 Å². The zero-order chi connectivity index (χ0) is 38.8. The van der Waals surface area contributed by atoms with Gasteiger partial charge in [0.15, 0.2) is 18.2 Å². The lowest BCUT2D eigenvalue weighted by Gasteiger charge is -2.27. The van der Waals surface area contributed by atoms with Gasteiger partial charge in [0.2, 0.25) is 0 Å². The van der Waals surface area contributed by atoms with Crippen molar-refractivity contribution in [1.29, 1.82) is 5.26 Å². The summed E-state index contributed by atoms with van der Waals surface area (Å²) in [5, 5.41) is 24.6. The number of carboxylic acid groups (broad SMARTS) is 1. The fourth-order valence-corrected chi connectivity index (χ4v) is 4.74. The van der Waals surface area contributed by atoms with E-state index in [9.17, 15) is 59.6 Å². The second-order valence-electron chi connectivity index (χ2n) is 10.7. The smallest absolute Gasteiger partial charge is 0.478 e. The number of halogens is 9. The number of aryl methyl sites for hydroxylation is 1. The fourth-order valence-electron chi connectivity index (χ4n) is 4.55. The van der Waals surface area contributed by atoms with E-state index in [-0.39, 0.29) is 39.2 Å². The number of carboxylic acids is 1. The maximum absolute atomic E-state index is 14.1. The molecule has 1 N–H and O–H groups in total. The third kappa shape index (κ3) is 8.25. The average Bonchev–Trinajstić information content (AvgIpc) is 3.52. The van der Waals surface area contributed by atoms with E-state index < -0.39 is 84.8 Å². The molecule has 2 aromatic heterocycles. The van der Waals surface area contributed by atoms with Crippen molar-refractivity contribution in [3.05, 3.63) is 64.6 Å². The number of hydrogen-bond donors (Lipinski definition) is 1. The molecule has 278 valence electrons. The molecular formula is C29H21ClF8N6O8. The molecule has 1 fully saturated rings. The van der Waals surface area contributed by atoms with Gasteiger partial charge in [-0.3, -0.25) is 9.69 Å². The molecule has 1 aliphatic rings. The van der Waals surface area contributed by atoms with Crippen LogP contribution in [0.15, 0.2) is 42.7 Å². The Morgan fingerprint density at radius 3 is 2.27 bits per heavy atom. The summed E-state index contributed by atoms with van der Waals surface area (Å²) in [6, 6.07) is 5.51. The van der Waals surface area contributed by atoms with Crippen molar-refractivity contribution in [1.82, 2.24) is 24.5 Å². The Morgan fingerprint density at radius 2 is 1.69 bits per heavy atom. The molecule has 23 heteroatoms. The highest BCUT2D eigenvalue weighted by atomic mass is 35.5. The van der Waals surface area contributed by atoms with Gasteiger partial charge in [0.1, 0.15) is 24.3 Å². The minimum absolute atomic E-state index is 0.0328. The van der Waals surface area contributed by atoms with Crippen molar-refractivity contribution < 1.29 is 73.6 Å². The van der Waals surface area contributed by atoms with Crippen LogP contribution in [0.5, 0.6) is 0 Å². The van der Waals surface area contributed by atoms with Crippen LogP contribution in [-0.4, -0.2) is 85.2 Å². The van der Waals surface area contributed by atoms with Gasteiger partial charge in [-0.15, -0.1) is 0 Å². The maximum Gasteiger partial charge on any atom is 0.510 e. The molecule has 52 heavy (non-hydrogen) atoms. The van der Waals surface area contributed by atoms with Crippen molar-refractivity contribution in [2.45, 2.75) is 36.7 Å². The van der Waals surface area contributed by atoms with Crippen LogP contribution in [0.4, 0.5) is 39.9 Å². The summed E-state index contributed by atoms with van der Waals surface area (Å²) >= 11 is 6.26. The van der Waals surface area contributed by atoms with Crippen molar-refractivity contribution in [3.63, 3.8) is 0 Å². The lowest BCUT2D eigenvalue weighted by molar-refractivity contribution is -0.292. The quantitative estimate of drug-likeness (QED) is 0.0821. The van der Waals surface area contributed by atoms with E-state index in [1.165, 1.54) is 12.1 Å². The molecule has 0 aliphatic heterocycles. The fraction of sp³-hybridized carbons (Fsp3) is 0.345. The molecule has 14 nitrogen and oxygen atoms in total. The normalized spacial score (nSPS) is 14.1. The van der Waals surface area contributed by atoms with E-state index in [1.807, 2.05) is 6.07 Å². The van der Waals surface area contributed by atoms with Crippen molar-refractivity contribution in [2.24, 2.45) is 7.05 Å². The molecule has 1 saturated carbocycles. The second-order valence-corrected chi connectivity index (χ2v) is 11.1. The average molecular weight is 769 g/mol. The Labute approximate surface area is 290 Å². The molecule has 1 amide bonds. The number of aliphatic carboxylic acids is 1. The molecule has 3 aromatic rings.